The fourth-order valence-electron chi connectivity index (χ4n) is 2.05. The fourth-order valence-corrected chi connectivity index (χ4v) is 3.20. The summed E-state index contributed by atoms with van der Waals surface area (Å²) in [4.78, 5) is 24.5. The van der Waals surface area contributed by atoms with Crippen LogP contribution in [0.15, 0.2) is 28.9 Å². The minimum atomic E-state index is -0.526. The lowest BCUT2D eigenvalue weighted by atomic mass is 10.1. The second-order valence-electron chi connectivity index (χ2n) is 4.40. The second kappa shape index (κ2) is 6.41. The van der Waals surface area contributed by atoms with E-state index < -0.39 is 5.91 Å². The number of nitrogens with one attached hydrogen (secondary N) is 1. The van der Waals surface area contributed by atoms with Gasteiger partial charge in [-0.2, -0.15) is 0 Å². The first-order valence-electron chi connectivity index (χ1n) is 6.47. The number of carbonyl (C=O) groups excluding carboxylic acids is 2. The lowest BCUT2D eigenvalue weighted by molar-refractivity contribution is -0.111. The monoisotopic (exact) mass is 304 g/mol. The molecule has 0 bridgehead atoms. The topological polar surface area (TPSA) is 85.3 Å². The Labute approximate surface area is 126 Å². The van der Waals surface area contributed by atoms with Crippen molar-refractivity contribution in [3.63, 3.8) is 0 Å². The van der Waals surface area contributed by atoms with E-state index in [0.717, 1.165) is 10.4 Å². The number of aryl methyl sites for hydroxylation is 1. The predicted octanol–water partition coefficient (Wildman–Crippen LogP) is 2.96. The van der Waals surface area contributed by atoms with Gasteiger partial charge in [-0.25, -0.2) is 0 Å². The van der Waals surface area contributed by atoms with Crippen molar-refractivity contribution >= 4 is 34.2 Å². The number of amides is 2. The van der Waals surface area contributed by atoms with Crippen molar-refractivity contribution in [2.75, 3.05) is 5.32 Å². The highest BCUT2D eigenvalue weighted by Gasteiger charge is 2.19. The Morgan fingerprint density at radius 2 is 2.24 bits per heavy atom. The maximum absolute atomic E-state index is 11.9. The molecule has 0 spiro atoms. The van der Waals surface area contributed by atoms with Crippen LogP contribution in [0.2, 0.25) is 0 Å². The van der Waals surface area contributed by atoms with Gasteiger partial charge in [0.2, 0.25) is 5.91 Å². The lowest BCUT2D eigenvalue weighted by Gasteiger charge is -2.03. The van der Waals surface area contributed by atoms with Crippen LogP contribution in [0.3, 0.4) is 0 Å². The largest absolute Gasteiger partial charge is 0.465 e. The molecule has 0 atom stereocenters. The Hall–Kier alpha value is -2.34. The maximum Gasteiger partial charge on any atom is 0.251 e. The molecule has 0 saturated carbocycles. The van der Waals surface area contributed by atoms with Gasteiger partial charge in [-0.1, -0.05) is 6.92 Å². The molecular formula is C15H16N2O3S. The molecule has 2 amide bonds. The quantitative estimate of drug-likeness (QED) is 0.833. The van der Waals surface area contributed by atoms with E-state index in [1.165, 1.54) is 23.7 Å². The van der Waals surface area contributed by atoms with Gasteiger partial charge in [-0.15, -0.1) is 11.3 Å². The van der Waals surface area contributed by atoms with Gasteiger partial charge in [0.1, 0.15) is 10.8 Å². The molecule has 5 nitrogen and oxygen atoms in total. The van der Waals surface area contributed by atoms with E-state index in [1.54, 1.807) is 18.2 Å². The molecule has 0 aliphatic carbocycles. The summed E-state index contributed by atoms with van der Waals surface area (Å²) >= 11 is 1.36. The third kappa shape index (κ3) is 3.41. The van der Waals surface area contributed by atoms with Crippen molar-refractivity contribution in [1.29, 1.82) is 0 Å². The fraction of sp³-hybridized carbons (Fsp3) is 0.200. The van der Waals surface area contributed by atoms with Crippen LogP contribution in [0.4, 0.5) is 5.00 Å². The van der Waals surface area contributed by atoms with Gasteiger partial charge in [0.25, 0.3) is 5.91 Å². The van der Waals surface area contributed by atoms with Crippen molar-refractivity contribution in [3.05, 3.63) is 46.2 Å². The Kier molecular flexibility index (Phi) is 4.59. The smallest absolute Gasteiger partial charge is 0.251 e. The van der Waals surface area contributed by atoms with Gasteiger partial charge in [0.05, 0.1) is 11.8 Å². The van der Waals surface area contributed by atoms with Gasteiger partial charge >= 0.3 is 0 Å². The number of hydrogen-bond donors (Lipinski definition) is 2. The van der Waals surface area contributed by atoms with E-state index in [9.17, 15) is 9.59 Å². The maximum atomic E-state index is 11.9. The van der Waals surface area contributed by atoms with Gasteiger partial charge in [0, 0.05) is 11.0 Å². The van der Waals surface area contributed by atoms with Crippen LogP contribution in [-0.4, -0.2) is 11.8 Å². The SMILES string of the molecule is CCc1c(C)sc(NC(=O)C=Cc2ccco2)c1C(N)=O. The second-order valence-corrected chi connectivity index (χ2v) is 5.62. The first-order valence-corrected chi connectivity index (χ1v) is 7.29. The van der Waals surface area contributed by atoms with Crippen LogP contribution in [-0.2, 0) is 11.2 Å². The van der Waals surface area contributed by atoms with Gasteiger partial charge < -0.3 is 15.5 Å². The zero-order valence-electron chi connectivity index (χ0n) is 11.8. The lowest BCUT2D eigenvalue weighted by Crippen LogP contribution is -2.16. The standard InChI is InChI=1S/C15H16N2O3S/c1-3-11-9(2)21-15(13(11)14(16)19)17-12(18)7-6-10-5-4-8-20-10/h4-8H,3H2,1-2H3,(H2,16,19)(H,17,18). The summed E-state index contributed by atoms with van der Waals surface area (Å²) in [5.74, 6) is -0.281. The number of primary amides is 1. The van der Waals surface area contributed by atoms with Crippen molar-refractivity contribution in [2.45, 2.75) is 20.3 Å². The Balaban J connectivity index is 2.19. The molecule has 2 heterocycles. The molecule has 0 aromatic carbocycles. The molecule has 0 unspecified atom stereocenters. The molecule has 2 aromatic heterocycles. The van der Waals surface area contributed by atoms with E-state index in [2.05, 4.69) is 5.32 Å². The number of carbonyl (C=O) groups is 2. The minimum Gasteiger partial charge on any atom is -0.465 e. The van der Waals surface area contributed by atoms with Crippen LogP contribution in [0, 0.1) is 6.92 Å². The number of thiophene rings is 1. The summed E-state index contributed by atoms with van der Waals surface area (Å²) in [6.07, 6.45) is 5.13. The van der Waals surface area contributed by atoms with E-state index in [4.69, 9.17) is 10.2 Å². The molecule has 0 aliphatic heterocycles. The van der Waals surface area contributed by atoms with Gasteiger partial charge in [-0.3, -0.25) is 9.59 Å². The minimum absolute atomic E-state index is 0.335. The summed E-state index contributed by atoms with van der Waals surface area (Å²) in [5, 5.41) is 3.19. The zero-order chi connectivity index (χ0) is 15.4. The number of nitrogens with two attached hydrogens (primary N) is 1. The highest BCUT2D eigenvalue weighted by molar-refractivity contribution is 7.16. The predicted molar refractivity (Wildman–Crippen MR) is 83.3 cm³/mol. The van der Waals surface area contributed by atoms with Crippen LogP contribution in [0.5, 0.6) is 0 Å². The molecule has 2 aromatic rings. The highest BCUT2D eigenvalue weighted by atomic mass is 32.1. The zero-order valence-corrected chi connectivity index (χ0v) is 12.6. The highest BCUT2D eigenvalue weighted by Crippen LogP contribution is 2.33. The summed E-state index contributed by atoms with van der Waals surface area (Å²) in [6.45, 7) is 3.86. The summed E-state index contributed by atoms with van der Waals surface area (Å²) in [5.41, 5.74) is 6.70. The third-order valence-corrected chi connectivity index (χ3v) is 4.05. The molecule has 0 saturated heterocycles. The molecule has 2 rings (SSSR count). The van der Waals surface area contributed by atoms with Gasteiger partial charge in [-0.05, 0) is 37.1 Å². The summed E-state index contributed by atoms with van der Waals surface area (Å²) in [6, 6.07) is 3.47. The molecule has 21 heavy (non-hydrogen) atoms. The van der Waals surface area contributed by atoms with Crippen molar-refractivity contribution in [1.82, 2.24) is 0 Å². The number of anilines is 1. The Morgan fingerprint density at radius 1 is 1.48 bits per heavy atom. The van der Waals surface area contributed by atoms with E-state index in [-0.39, 0.29) is 5.91 Å². The van der Waals surface area contributed by atoms with Gasteiger partial charge in [0.15, 0.2) is 0 Å². The first-order chi connectivity index (χ1) is 10.0. The van der Waals surface area contributed by atoms with Crippen molar-refractivity contribution in [2.24, 2.45) is 5.73 Å². The summed E-state index contributed by atoms with van der Waals surface area (Å²) in [7, 11) is 0. The Morgan fingerprint density at radius 3 is 2.81 bits per heavy atom. The Bertz CT molecular complexity index is 684. The van der Waals surface area contributed by atoms with Crippen LogP contribution >= 0.6 is 11.3 Å². The molecular weight excluding hydrogens is 288 g/mol. The molecule has 110 valence electrons. The third-order valence-electron chi connectivity index (χ3n) is 2.99. The van der Waals surface area contributed by atoms with E-state index >= 15 is 0 Å². The molecule has 3 N–H and O–H groups in total. The number of furan rings is 1. The molecule has 0 radical (unpaired) electrons. The average Bonchev–Trinajstić information content (AvgIpc) is 3.03. The van der Waals surface area contributed by atoms with Crippen molar-refractivity contribution in [3.8, 4) is 0 Å². The number of hydrogen-bond acceptors (Lipinski definition) is 4. The van der Waals surface area contributed by atoms with E-state index in [0.29, 0.717) is 22.7 Å². The summed E-state index contributed by atoms with van der Waals surface area (Å²) < 4.78 is 5.10. The molecule has 0 aliphatic rings. The first kappa shape index (κ1) is 15.1. The molecule has 6 heteroatoms. The normalized spacial score (nSPS) is 11.0. The van der Waals surface area contributed by atoms with Crippen LogP contribution in [0.25, 0.3) is 6.08 Å². The van der Waals surface area contributed by atoms with E-state index in [1.807, 2.05) is 13.8 Å². The van der Waals surface area contributed by atoms with Crippen LogP contribution < -0.4 is 11.1 Å². The van der Waals surface area contributed by atoms with Crippen LogP contribution in [0.1, 0.15) is 33.5 Å². The van der Waals surface area contributed by atoms with Crippen molar-refractivity contribution < 1.29 is 14.0 Å². The average molecular weight is 304 g/mol. The number of rotatable bonds is 5. The molecule has 0 fully saturated rings.